The van der Waals surface area contributed by atoms with Gasteiger partial charge in [0.05, 0.1) is 13.2 Å². The van der Waals surface area contributed by atoms with E-state index < -0.39 is 10.0 Å². The number of hydrogen-bond acceptors (Lipinski definition) is 6. The van der Waals surface area contributed by atoms with Crippen molar-refractivity contribution in [2.75, 3.05) is 26.4 Å². The molecule has 0 saturated heterocycles. The van der Waals surface area contributed by atoms with Crippen molar-refractivity contribution in [3.63, 3.8) is 0 Å². The van der Waals surface area contributed by atoms with Crippen LogP contribution in [0.2, 0.25) is 0 Å². The molecule has 100 valence electrons. The molecule has 1 aromatic rings. The molecule has 0 saturated carbocycles. The van der Waals surface area contributed by atoms with E-state index >= 15 is 0 Å². The van der Waals surface area contributed by atoms with Crippen LogP contribution in [0.15, 0.2) is 16.3 Å². The van der Waals surface area contributed by atoms with Crippen LogP contribution in [0.25, 0.3) is 0 Å². The van der Waals surface area contributed by atoms with E-state index in [9.17, 15) is 8.42 Å². The Bertz CT molecular complexity index is 504. The van der Waals surface area contributed by atoms with Gasteiger partial charge in [0.25, 0.3) is 0 Å². The van der Waals surface area contributed by atoms with Crippen LogP contribution >= 0.6 is 11.3 Å². The van der Waals surface area contributed by atoms with Crippen molar-refractivity contribution in [1.29, 1.82) is 5.26 Å². The zero-order chi connectivity index (χ0) is 13.4. The number of hydrogen-bond donors (Lipinski definition) is 2. The summed E-state index contributed by atoms with van der Waals surface area (Å²) in [4.78, 5) is 0.363. The predicted molar refractivity (Wildman–Crippen MR) is 66.7 cm³/mol. The molecule has 0 fully saturated rings. The van der Waals surface area contributed by atoms with E-state index in [-0.39, 0.29) is 24.0 Å². The number of nitrogens with zero attached hydrogens (tertiary/aromatic N) is 1. The number of nitriles is 1. The second-order valence-electron chi connectivity index (χ2n) is 3.32. The lowest BCUT2D eigenvalue weighted by atomic mass is 10.5. The highest BCUT2D eigenvalue weighted by atomic mass is 32.2. The molecule has 18 heavy (non-hydrogen) atoms. The largest absolute Gasteiger partial charge is 0.394 e. The molecule has 0 unspecified atom stereocenters. The minimum atomic E-state index is -3.53. The van der Waals surface area contributed by atoms with Crippen LogP contribution in [0.1, 0.15) is 11.3 Å². The topological polar surface area (TPSA) is 99.4 Å². The van der Waals surface area contributed by atoms with Crippen LogP contribution in [-0.2, 0) is 14.8 Å². The summed E-state index contributed by atoms with van der Waals surface area (Å²) in [6.45, 7) is 0.853. The van der Waals surface area contributed by atoms with Gasteiger partial charge >= 0.3 is 0 Å². The molecule has 1 rings (SSSR count). The summed E-state index contributed by atoms with van der Waals surface area (Å²) in [6.07, 6.45) is 0.524. The zero-order valence-electron chi connectivity index (χ0n) is 9.63. The van der Waals surface area contributed by atoms with Crippen molar-refractivity contribution < 1.29 is 18.3 Å². The maximum absolute atomic E-state index is 11.8. The Morgan fingerprint density at radius 3 is 2.83 bits per heavy atom. The molecule has 0 spiro atoms. The molecular formula is C10H14N2O4S2. The van der Waals surface area contributed by atoms with E-state index in [4.69, 9.17) is 15.1 Å². The van der Waals surface area contributed by atoms with Gasteiger partial charge in [-0.05, 0) is 18.6 Å². The first-order chi connectivity index (χ1) is 8.60. The van der Waals surface area contributed by atoms with Gasteiger partial charge in [-0.2, -0.15) is 5.26 Å². The Hall–Kier alpha value is -0.980. The summed E-state index contributed by atoms with van der Waals surface area (Å²) in [5.74, 6) is 0. The lowest BCUT2D eigenvalue weighted by molar-refractivity contribution is 0.0913. The Morgan fingerprint density at radius 1 is 1.44 bits per heavy atom. The first kappa shape index (κ1) is 15.1. The highest BCUT2D eigenvalue weighted by molar-refractivity contribution is 7.91. The maximum Gasteiger partial charge on any atom is 0.250 e. The fraction of sp³-hybridized carbons (Fsp3) is 0.500. The van der Waals surface area contributed by atoms with Gasteiger partial charge in [0.15, 0.2) is 0 Å². The van der Waals surface area contributed by atoms with Crippen molar-refractivity contribution in [2.24, 2.45) is 0 Å². The van der Waals surface area contributed by atoms with Gasteiger partial charge in [0, 0.05) is 13.2 Å². The number of thiophene rings is 1. The lowest BCUT2D eigenvalue weighted by Crippen LogP contribution is -2.25. The molecule has 1 aromatic heterocycles. The van der Waals surface area contributed by atoms with Gasteiger partial charge in [0.2, 0.25) is 10.0 Å². The first-order valence-electron chi connectivity index (χ1n) is 5.28. The van der Waals surface area contributed by atoms with Gasteiger partial charge in [-0.1, -0.05) is 0 Å². The standard InChI is InChI=1S/C10H14N2O4S2/c11-8-9-2-3-10(17-9)18(14,15)12-4-1-6-16-7-5-13/h2-3,12-13H,1,4-7H2. The summed E-state index contributed by atoms with van der Waals surface area (Å²) >= 11 is 0.936. The third-order valence-electron chi connectivity index (χ3n) is 1.95. The molecule has 6 nitrogen and oxygen atoms in total. The molecular weight excluding hydrogens is 276 g/mol. The maximum atomic E-state index is 11.8. The monoisotopic (exact) mass is 290 g/mol. The first-order valence-corrected chi connectivity index (χ1v) is 7.58. The summed E-state index contributed by atoms with van der Waals surface area (Å²) in [6, 6.07) is 4.78. The third kappa shape index (κ3) is 4.72. The van der Waals surface area contributed by atoms with E-state index in [1.165, 1.54) is 12.1 Å². The minimum Gasteiger partial charge on any atom is -0.394 e. The quantitative estimate of drug-likeness (QED) is 0.671. The van der Waals surface area contributed by atoms with Crippen LogP contribution in [0, 0.1) is 11.3 Å². The molecule has 0 atom stereocenters. The molecule has 1 heterocycles. The second-order valence-corrected chi connectivity index (χ2v) is 6.40. The van der Waals surface area contributed by atoms with Crippen molar-refractivity contribution in [3.05, 3.63) is 17.0 Å². The SMILES string of the molecule is N#Cc1ccc(S(=O)(=O)NCCCOCCO)s1. The summed E-state index contributed by atoms with van der Waals surface area (Å²) in [5, 5.41) is 17.1. The number of aliphatic hydroxyl groups excluding tert-OH is 1. The fourth-order valence-electron chi connectivity index (χ4n) is 1.14. The van der Waals surface area contributed by atoms with E-state index in [0.717, 1.165) is 11.3 Å². The van der Waals surface area contributed by atoms with E-state index in [0.29, 0.717) is 17.9 Å². The van der Waals surface area contributed by atoms with Crippen LogP contribution in [0.4, 0.5) is 0 Å². The smallest absolute Gasteiger partial charge is 0.250 e. The average Bonchev–Trinajstić information content (AvgIpc) is 2.83. The Kier molecular flexibility index (Phi) is 6.24. The van der Waals surface area contributed by atoms with Gasteiger partial charge in [0.1, 0.15) is 15.2 Å². The van der Waals surface area contributed by atoms with Crippen LogP contribution in [0.5, 0.6) is 0 Å². The van der Waals surface area contributed by atoms with E-state index in [1.54, 1.807) is 0 Å². The van der Waals surface area contributed by atoms with Crippen LogP contribution in [-0.4, -0.2) is 39.9 Å². The predicted octanol–water partition coefficient (Wildman–Crippen LogP) is 0.297. The second kappa shape index (κ2) is 7.45. The molecule has 0 aliphatic rings. The molecule has 0 bridgehead atoms. The number of sulfonamides is 1. The lowest BCUT2D eigenvalue weighted by Gasteiger charge is -2.04. The molecule has 0 amide bonds. The fourth-order valence-corrected chi connectivity index (χ4v) is 3.37. The van der Waals surface area contributed by atoms with Gasteiger partial charge in [-0.15, -0.1) is 11.3 Å². The van der Waals surface area contributed by atoms with Gasteiger partial charge in [-0.3, -0.25) is 0 Å². The van der Waals surface area contributed by atoms with Crippen LogP contribution in [0.3, 0.4) is 0 Å². The molecule has 0 aliphatic heterocycles. The Morgan fingerprint density at radius 2 is 2.22 bits per heavy atom. The highest BCUT2D eigenvalue weighted by Crippen LogP contribution is 2.20. The van der Waals surface area contributed by atoms with Crippen LogP contribution < -0.4 is 4.72 Å². The Labute approximate surface area is 110 Å². The van der Waals surface area contributed by atoms with Crippen molar-refractivity contribution in [1.82, 2.24) is 4.72 Å². The summed E-state index contributed by atoms with van der Waals surface area (Å²) < 4.78 is 31.1. The molecule has 0 aromatic carbocycles. The van der Waals surface area contributed by atoms with Crippen molar-refractivity contribution in [3.8, 4) is 6.07 Å². The van der Waals surface area contributed by atoms with Crippen molar-refractivity contribution >= 4 is 21.4 Å². The number of aliphatic hydroxyl groups is 1. The average molecular weight is 290 g/mol. The summed E-state index contributed by atoms with van der Waals surface area (Å²) in [5.41, 5.74) is 0. The van der Waals surface area contributed by atoms with Gasteiger partial charge in [-0.25, -0.2) is 13.1 Å². The Balaban J connectivity index is 2.39. The molecule has 8 heteroatoms. The molecule has 2 N–H and O–H groups in total. The normalized spacial score (nSPS) is 11.3. The van der Waals surface area contributed by atoms with Crippen molar-refractivity contribution in [2.45, 2.75) is 10.6 Å². The van der Waals surface area contributed by atoms with Gasteiger partial charge < -0.3 is 9.84 Å². The number of rotatable bonds is 8. The van der Waals surface area contributed by atoms with E-state index in [1.807, 2.05) is 6.07 Å². The molecule has 0 radical (unpaired) electrons. The third-order valence-corrected chi connectivity index (χ3v) is 4.89. The van der Waals surface area contributed by atoms with E-state index in [2.05, 4.69) is 4.72 Å². The highest BCUT2D eigenvalue weighted by Gasteiger charge is 2.15. The minimum absolute atomic E-state index is 0.0438. The number of ether oxygens (including phenoxy) is 1. The zero-order valence-corrected chi connectivity index (χ0v) is 11.3. The molecule has 0 aliphatic carbocycles. The summed E-state index contributed by atoms with van der Waals surface area (Å²) in [7, 11) is -3.53. The number of nitrogens with one attached hydrogen (secondary N) is 1.